The maximum atomic E-state index is 5.44. The van der Waals surface area contributed by atoms with Crippen molar-refractivity contribution >= 4 is 5.82 Å². The standard InChI is InChI=1S/C17H29N3O/c1-5-21-9-8-20(4)17-11-14(12-18-15-6-7-15)10-16(19-17)13(2)3/h10-11,13,15,18H,5-9,12H2,1-4H3. The van der Waals surface area contributed by atoms with E-state index < -0.39 is 0 Å². The number of aromatic nitrogens is 1. The second kappa shape index (κ2) is 7.76. The first-order valence-corrected chi connectivity index (χ1v) is 8.13. The molecule has 1 N–H and O–H groups in total. The molecule has 1 fully saturated rings. The molecule has 0 unspecified atom stereocenters. The molecule has 2 rings (SSSR count). The SMILES string of the molecule is CCOCCN(C)c1cc(CNC2CC2)cc(C(C)C)n1. The normalized spacial score (nSPS) is 14.7. The maximum absolute atomic E-state index is 5.44. The molecule has 21 heavy (non-hydrogen) atoms. The minimum atomic E-state index is 0.449. The van der Waals surface area contributed by atoms with Crippen molar-refractivity contribution in [1.29, 1.82) is 0 Å². The summed E-state index contributed by atoms with van der Waals surface area (Å²) in [4.78, 5) is 6.98. The van der Waals surface area contributed by atoms with Crippen LogP contribution in [0.4, 0.5) is 5.82 Å². The van der Waals surface area contributed by atoms with Crippen LogP contribution in [0.1, 0.15) is 50.8 Å². The number of pyridine rings is 1. The molecule has 118 valence electrons. The summed E-state index contributed by atoms with van der Waals surface area (Å²) in [5.74, 6) is 1.50. The molecule has 0 aliphatic heterocycles. The molecule has 1 aromatic heterocycles. The van der Waals surface area contributed by atoms with E-state index in [4.69, 9.17) is 9.72 Å². The van der Waals surface area contributed by atoms with Crippen molar-refractivity contribution in [2.45, 2.75) is 52.1 Å². The highest BCUT2D eigenvalue weighted by molar-refractivity contribution is 5.42. The second-order valence-corrected chi connectivity index (χ2v) is 6.19. The summed E-state index contributed by atoms with van der Waals surface area (Å²) in [6.45, 7) is 9.76. The molecule has 0 saturated heterocycles. The highest BCUT2D eigenvalue weighted by Crippen LogP contribution is 2.22. The Labute approximate surface area is 128 Å². The molecule has 1 aliphatic rings. The van der Waals surface area contributed by atoms with Gasteiger partial charge in [-0.3, -0.25) is 0 Å². The molecule has 1 aromatic rings. The number of hydrogen-bond acceptors (Lipinski definition) is 4. The van der Waals surface area contributed by atoms with Crippen LogP contribution in [-0.4, -0.2) is 37.8 Å². The summed E-state index contributed by atoms with van der Waals surface area (Å²) in [6, 6.07) is 5.17. The fraction of sp³-hybridized carbons (Fsp3) is 0.706. The van der Waals surface area contributed by atoms with Gasteiger partial charge in [-0.15, -0.1) is 0 Å². The van der Waals surface area contributed by atoms with E-state index in [0.717, 1.165) is 38.2 Å². The first-order valence-electron chi connectivity index (χ1n) is 8.13. The van der Waals surface area contributed by atoms with Crippen molar-refractivity contribution in [1.82, 2.24) is 10.3 Å². The first-order chi connectivity index (χ1) is 10.1. The van der Waals surface area contributed by atoms with Crippen LogP contribution >= 0.6 is 0 Å². The lowest BCUT2D eigenvalue weighted by molar-refractivity contribution is 0.154. The molecule has 0 amide bonds. The minimum Gasteiger partial charge on any atom is -0.380 e. The summed E-state index contributed by atoms with van der Waals surface area (Å²) < 4.78 is 5.44. The predicted molar refractivity (Wildman–Crippen MR) is 88.0 cm³/mol. The number of likely N-dealkylation sites (N-methyl/N-ethyl adjacent to an activating group) is 1. The molecule has 0 bridgehead atoms. The van der Waals surface area contributed by atoms with Gasteiger partial charge < -0.3 is 15.0 Å². The van der Waals surface area contributed by atoms with Gasteiger partial charge in [0.15, 0.2) is 0 Å². The Morgan fingerprint density at radius 1 is 1.38 bits per heavy atom. The van der Waals surface area contributed by atoms with E-state index in [2.05, 4.69) is 43.2 Å². The number of rotatable bonds is 9. The van der Waals surface area contributed by atoms with Crippen molar-refractivity contribution in [2.24, 2.45) is 0 Å². The van der Waals surface area contributed by atoms with Crippen LogP contribution in [0.25, 0.3) is 0 Å². The highest BCUT2D eigenvalue weighted by atomic mass is 16.5. The van der Waals surface area contributed by atoms with Crippen LogP contribution in [0, 0.1) is 0 Å². The fourth-order valence-corrected chi connectivity index (χ4v) is 2.20. The maximum Gasteiger partial charge on any atom is 0.128 e. The molecule has 4 heteroatoms. The third kappa shape index (κ3) is 5.29. The lowest BCUT2D eigenvalue weighted by atomic mass is 10.1. The topological polar surface area (TPSA) is 37.4 Å². The Morgan fingerprint density at radius 2 is 2.14 bits per heavy atom. The van der Waals surface area contributed by atoms with Crippen molar-refractivity contribution in [3.63, 3.8) is 0 Å². The molecule has 0 atom stereocenters. The molecule has 1 heterocycles. The summed E-state index contributed by atoms with van der Waals surface area (Å²) in [5.41, 5.74) is 2.50. The first kappa shape index (κ1) is 16.2. The summed E-state index contributed by atoms with van der Waals surface area (Å²) >= 11 is 0. The minimum absolute atomic E-state index is 0.449. The Kier molecular flexibility index (Phi) is 6.00. The van der Waals surface area contributed by atoms with Gasteiger partial charge in [0.2, 0.25) is 0 Å². The molecule has 0 spiro atoms. The number of ether oxygens (including phenoxy) is 1. The molecule has 4 nitrogen and oxygen atoms in total. The monoisotopic (exact) mass is 291 g/mol. The number of anilines is 1. The van der Waals surface area contributed by atoms with Crippen molar-refractivity contribution in [2.75, 3.05) is 31.7 Å². The van der Waals surface area contributed by atoms with Gasteiger partial charge >= 0.3 is 0 Å². The lowest BCUT2D eigenvalue weighted by Crippen LogP contribution is -2.24. The van der Waals surface area contributed by atoms with E-state index in [1.165, 1.54) is 24.1 Å². The predicted octanol–water partition coefficient (Wildman–Crippen LogP) is 2.93. The lowest BCUT2D eigenvalue weighted by Gasteiger charge is -2.21. The Balaban J connectivity index is 2.05. The van der Waals surface area contributed by atoms with Gasteiger partial charge in [-0.2, -0.15) is 0 Å². The van der Waals surface area contributed by atoms with Crippen molar-refractivity contribution in [3.8, 4) is 0 Å². The van der Waals surface area contributed by atoms with Crippen LogP contribution in [-0.2, 0) is 11.3 Å². The molecule has 1 saturated carbocycles. The zero-order chi connectivity index (χ0) is 15.2. The Morgan fingerprint density at radius 3 is 2.76 bits per heavy atom. The quantitative estimate of drug-likeness (QED) is 0.710. The number of hydrogen-bond donors (Lipinski definition) is 1. The molecular formula is C17H29N3O. The average Bonchev–Trinajstić information content (AvgIpc) is 3.29. The third-order valence-corrected chi connectivity index (χ3v) is 3.82. The summed E-state index contributed by atoms with van der Waals surface area (Å²) in [7, 11) is 2.09. The van der Waals surface area contributed by atoms with E-state index in [-0.39, 0.29) is 0 Å². The zero-order valence-electron chi connectivity index (χ0n) is 13.9. The number of nitrogens with zero attached hydrogens (tertiary/aromatic N) is 2. The van der Waals surface area contributed by atoms with Crippen LogP contribution in [0.15, 0.2) is 12.1 Å². The van der Waals surface area contributed by atoms with Crippen molar-refractivity contribution < 1.29 is 4.74 Å². The third-order valence-electron chi connectivity index (χ3n) is 3.82. The number of nitrogens with one attached hydrogen (secondary N) is 1. The van der Waals surface area contributed by atoms with E-state index in [0.29, 0.717) is 5.92 Å². The molecule has 1 aliphatic carbocycles. The Bertz CT molecular complexity index is 444. The molecule has 0 aromatic carbocycles. The van der Waals surface area contributed by atoms with Crippen LogP contribution in [0.5, 0.6) is 0 Å². The Hall–Kier alpha value is -1.13. The van der Waals surface area contributed by atoms with Crippen LogP contribution < -0.4 is 10.2 Å². The van der Waals surface area contributed by atoms with Crippen molar-refractivity contribution in [3.05, 3.63) is 23.4 Å². The van der Waals surface area contributed by atoms with Gasteiger partial charge in [-0.1, -0.05) is 13.8 Å². The largest absolute Gasteiger partial charge is 0.380 e. The van der Waals surface area contributed by atoms with Gasteiger partial charge in [-0.05, 0) is 43.4 Å². The second-order valence-electron chi connectivity index (χ2n) is 6.19. The van der Waals surface area contributed by atoms with Gasteiger partial charge in [0, 0.05) is 38.5 Å². The van der Waals surface area contributed by atoms with E-state index in [9.17, 15) is 0 Å². The van der Waals surface area contributed by atoms with Gasteiger partial charge in [0.25, 0.3) is 0 Å². The molecule has 0 radical (unpaired) electrons. The van der Waals surface area contributed by atoms with Crippen LogP contribution in [0.2, 0.25) is 0 Å². The molecular weight excluding hydrogens is 262 g/mol. The fourth-order valence-electron chi connectivity index (χ4n) is 2.20. The van der Waals surface area contributed by atoms with E-state index >= 15 is 0 Å². The summed E-state index contributed by atoms with van der Waals surface area (Å²) in [6.07, 6.45) is 2.65. The van der Waals surface area contributed by atoms with Gasteiger partial charge in [0.1, 0.15) is 5.82 Å². The smallest absolute Gasteiger partial charge is 0.128 e. The van der Waals surface area contributed by atoms with E-state index in [1.807, 2.05) is 6.92 Å². The van der Waals surface area contributed by atoms with Gasteiger partial charge in [0.05, 0.1) is 6.61 Å². The summed E-state index contributed by atoms with van der Waals surface area (Å²) in [5, 5.41) is 3.59. The highest BCUT2D eigenvalue weighted by Gasteiger charge is 2.20. The van der Waals surface area contributed by atoms with Gasteiger partial charge in [-0.25, -0.2) is 4.98 Å². The zero-order valence-corrected chi connectivity index (χ0v) is 13.9. The average molecular weight is 291 g/mol. The van der Waals surface area contributed by atoms with Crippen LogP contribution in [0.3, 0.4) is 0 Å². The van der Waals surface area contributed by atoms with E-state index in [1.54, 1.807) is 0 Å².